The summed E-state index contributed by atoms with van der Waals surface area (Å²) in [5, 5.41) is 11.2. The van der Waals surface area contributed by atoms with E-state index in [9.17, 15) is 9.18 Å². The van der Waals surface area contributed by atoms with Crippen LogP contribution in [0.4, 0.5) is 21.5 Å². The molecule has 0 radical (unpaired) electrons. The Morgan fingerprint density at radius 1 is 1.26 bits per heavy atom. The summed E-state index contributed by atoms with van der Waals surface area (Å²) in [7, 11) is 0. The zero-order valence-corrected chi connectivity index (χ0v) is 14.5. The Kier molecular flexibility index (Phi) is 6.15. The summed E-state index contributed by atoms with van der Waals surface area (Å²) in [6, 6.07) is 11.4. The van der Waals surface area contributed by atoms with E-state index in [4.69, 9.17) is 21.7 Å². The lowest BCUT2D eigenvalue weighted by atomic mass is 10.2. The number of anilines is 3. The molecule has 0 amide bonds. The molecule has 23 heavy (non-hydrogen) atoms. The molecule has 2 aromatic rings. The Labute approximate surface area is 150 Å². The SMILES string of the molecule is N#Cc1ccc(NOCC(=O)Cl)c(Nc2ccc(I)cc2F)c1. The number of nitriles is 1. The van der Waals surface area contributed by atoms with Gasteiger partial charge in [0.25, 0.3) is 0 Å². The van der Waals surface area contributed by atoms with E-state index in [0.29, 0.717) is 16.9 Å². The second-order valence-electron chi connectivity index (χ2n) is 4.37. The van der Waals surface area contributed by atoms with Crippen molar-refractivity contribution in [3.05, 3.63) is 51.3 Å². The maximum Gasteiger partial charge on any atom is 0.250 e. The third-order valence-electron chi connectivity index (χ3n) is 2.72. The van der Waals surface area contributed by atoms with Gasteiger partial charge in [0.05, 0.1) is 28.7 Å². The lowest BCUT2D eigenvalue weighted by Gasteiger charge is -2.14. The Bertz CT molecular complexity index is 780. The van der Waals surface area contributed by atoms with Gasteiger partial charge in [-0.05, 0) is 70.6 Å². The van der Waals surface area contributed by atoms with Crippen LogP contribution in [0.5, 0.6) is 0 Å². The van der Waals surface area contributed by atoms with Crippen LogP contribution in [0.25, 0.3) is 0 Å². The normalized spacial score (nSPS) is 10.0. The van der Waals surface area contributed by atoms with Crippen molar-refractivity contribution in [3.8, 4) is 6.07 Å². The van der Waals surface area contributed by atoms with Gasteiger partial charge in [-0.1, -0.05) is 0 Å². The molecular weight excluding hydrogens is 436 g/mol. The van der Waals surface area contributed by atoms with Crippen LogP contribution in [-0.4, -0.2) is 11.8 Å². The summed E-state index contributed by atoms with van der Waals surface area (Å²) in [5.41, 5.74) is 4.03. The third kappa shape index (κ3) is 5.06. The molecule has 8 heteroatoms. The van der Waals surface area contributed by atoms with E-state index in [1.165, 1.54) is 12.1 Å². The second kappa shape index (κ2) is 8.10. The van der Waals surface area contributed by atoms with Gasteiger partial charge in [-0.25, -0.2) is 4.39 Å². The van der Waals surface area contributed by atoms with E-state index < -0.39 is 11.1 Å². The lowest BCUT2D eigenvalue weighted by Crippen LogP contribution is -2.09. The number of carbonyl (C=O) groups excluding carboxylic acids is 1. The van der Waals surface area contributed by atoms with Crippen LogP contribution in [-0.2, 0) is 9.63 Å². The van der Waals surface area contributed by atoms with E-state index >= 15 is 0 Å². The van der Waals surface area contributed by atoms with Gasteiger partial charge in [0, 0.05) is 3.57 Å². The molecule has 118 valence electrons. The van der Waals surface area contributed by atoms with Crippen LogP contribution in [0, 0.1) is 20.7 Å². The highest BCUT2D eigenvalue weighted by Gasteiger charge is 2.09. The molecule has 0 aliphatic rings. The molecule has 0 aliphatic carbocycles. The molecule has 0 spiro atoms. The fourth-order valence-corrected chi connectivity index (χ4v) is 2.22. The molecule has 0 fully saturated rings. The minimum atomic E-state index is -0.663. The number of hydrogen-bond donors (Lipinski definition) is 2. The minimum absolute atomic E-state index is 0.247. The van der Waals surface area contributed by atoms with Crippen molar-refractivity contribution in [1.29, 1.82) is 5.26 Å². The lowest BCUT2D eigenvalue weighted by molar-refractivity contribution is -0.115. The van der Waals surface area contributed by atoms with Crippen molar-refractivity contribution in [2.24, 2.45) is 0 Å². The fraction of sp³-hybridized carbons (Fsp3) is 0.0667. The molecule has 2 rings (SSSR count). The summed E-state index contributed by atoms with van der Waals surface area (Å²) >= 11 is 7.19. The first-order valence-corrected chi connectivity index (χ1v) is 7.77. The van der Waals surface area contributed by atoms with Crippen molar-refractivity contribution in [2.75, 3.05) is 17.4 Å². The average Bonchev–Trinajstić information content (AvgIpc) is 2.51. The van der Waals surface area contributed by atoms with Crippen LogP contribution in [0.3, 0.4) is 0 Å². The van der Waals surface area contributed by atoms with Crippen LogP contribution < -0.4 is 10.8 Å². The van der Waals surface area contributed by atoms with E-state index in [0.717, 1.165) is 3.57 Å². The summed E-state index contributed by atoms with van der Waals surface area (Å²) < 4.78 is 14.7. The molecule has 0 bridgehead atoms. The molecule has 0 aliphatic heterocycles. The number of hydrogen-bond acceptors (Lipinski definition) is 5. The quantitative estimate of drug-likeness (QED) is 0.397. The van der Waals surface area contributed by atoms with E-state index in [1.807, 2.05) is 28.7 Å². The van der Waals surface area contributed by atoms with Crippen molar-refractivity contribution >= 4 is 56.5 Å². The van der Waals surface area contributed by atoms with Crippen LogP contribution in [0.1, 0.15) is 5.56 Å². The Morgan fingerprint density at radius 3 is 2.65 bits per heavy atom. The molecule has 2 N–H and O–H groups in total. The molecule has 2 aromatic carbocycles. The van der Waals surface area contributed by atoms with Gasteiger partial charge in [0.2, 0.25) is 5.24 Å². The van der Waals surface area contributed by atoms with E-state index in [2.05, 4.69) is 10.8 Å². The van der Waals surface area contributed by atoms with Gasteiger partial charge in [-0.3, -0.25) is 15.1 Å². The second-order valence-corrected chi connectivity index (χ2v) is 6.03. The van der Waals surface area contributed by atoms with E-state index in [1.54, 1.807) is 24.3 Å². The smallest absolute Gasteiger partial charge is 0.250 e. The highest BCUT2D eigenvalue weighted by Crippen LogP contribution is 2.28. The monoisotopic (exact) mass is 445 g/mol. The largest absolute Gasteiger partial charge is 0.351 e. The first kappa shape index (κ1) is 17.5. The molecule has 0 heterocycles. The van der Waals surface area contributed by atoms with Gasteiger partial charge in [0.15, 0.2) is 0 Å². The molecule has 0 unspecified atom stereocenters. The van der Waals surface area contributed by atoms with Gasteiger partial charge >= 0.3 is 0 Å². The summed E-state index contributed by atoms with van der Waals surface area (Å²) in [6.45, 7) is -0.334. The van der Waals surface area contributed by atoms with Gasteiger partial charge in [-0.2, -0.15) is 5.26 Å². The first-order chi connectivity index (χ1) is 11.0. The summed E-state index contributed by atoms with van der Waals surface area (Å²) in [6.07, 6.45) is 0. The molecule has 0 saturated heterocycles. The van der Waals surface area contributed by atoms with Crippen molar-refractivity contribution in [3.63, 3.8) is 0 Å². The number of halogens is 3. The number of nitrogens with one attached hydrogen (secondary N) is 2. The first-order valence-electron chi connectivity index (χ1n) is 6.32. The van der Waals surface area contributed by atoms with Gasteiger partial charge < -0.3 is 5.32 Å². The number of benzene rings is 2. The molecule has 5 nitrogen and oxygen atoms in total. The van der Waals surface area contributed by atoms with E-state index in [-0.39, 0.29) is 12.3 Å². The Balaban J connectivity index is 2.27. The number of nitrogens with zero attached hydrogens (tertiary/aromatic N) is 1. The topological polar surface area (TPSA) is 74.1 Å². The maximum absolute atomic E-state index is 14.0. The number of rotatable bonds is 6. The highest BCUT2D eigenvalue weighted by molar-refractivity contribution is 14.1. The van der Waals surface area contributed by atoms with Crippen molar-refractivity contribution in [2.45, 2.75) is 0 Å². The van der Waals surface area contributed by atoms with Crippen LogP contribution in [0.2, 0.25) is 0 Å². The minimum Gasteiger partial charge on any atom is -0.351 e. The van der Waals surface area contributed by atoms with Gasteiger partial charge in [0.1, 0.15) is 12.4 Å². The zero-order chi connectivity index (χ0) is 16.8. The predicted octanol–water partition coefficient (Wildman–Crippen LogP) is 4.15. The van der Waals surface area contributed by atoms with Gasteiger partial charge in [-0.15, -0.1) is 0 Å². The summed E-state index contributed by atoms with van der Waals surface area (Å²) in [5.74, 6) is -0.429. The third-order valence-corrected chi connectivity index (χ3v) is 3.50. The highest BCUT2D eigenvalue weighted by atomic mass is 127. The molecule has 0 saturated carbocycles. The molecular formula is C15H10ClFIN3O2. The average molecular weight is 446 g/mol. The van der Waals surface area contributed by atoms with Crippen LogP contribution >= 0.6 is 34.2 Å². The van der Waals surface area contributed by atoms with Crippen molar-refractivity contribution in [1.82, 2.24) is 0 Å². The zero-order valence-electron chi connectivity index (χ0n) is 11.6. The van der Waals surface area contributed by atoms with Crippen LogP contribution in [0.15, 0.2) is 36.4 Å². The molecule has 0 atom stereocenters. The summed E-state index contributed by atoms with van der Waals surface area (Å²) in [4.78, 5) is 15.6. The number of carbonyl (C=O) groups is 1. The fourth-order valence-electron chi connectivity index (χ4n) is 1.71. The molecule has 0 aromatic heterocycles. The Hall–Kier alpha value is -1.89. The Morgan fingerprint density at radius 2 is 2.00 bits per heavy atom. The standard InChI is InChI=1S/C15H10ClFIN3O2/c16-15(22)8-23-21-13-3-1-9(7-19)5-14(13)20-12-4-2-10(18)6-11(12)17/h1-6,20-21H,8H2. The predicted molar refractivity (Wildman–Crippen MR) is 94.0 cm³/mol. The maximum atomic E-state index is 14.0. The van der Waals surface area contributed by atoms with Crippen molar-refractivity contribution < 1.29 is 14.0 Å².